The van der Waals surface area contributed by atoms with E-state index in [9.17, 15) is 0 Å². The van der Waals surface area contributed by atoms with Gasteiger partial charge in [-0.1, -0.05) is 48.5 Å². The van der Waals surface area contributed by atoms with Crippen molar-refractivity contribution in [1.82, 2.24) is 4.98 Å². The molecule has 3 heteroatoms. The molecule has 3 nitrogen and oxygen atoms in total. The lowest BCUT2D eigenvalue weighted by Gasteiger charge is -2.10. The van der Waals surface area contributed by atoms with E-state index >= 15 is 0 Å². The molecule has 1 N–H and O–H groups in total. The third-order valence-corrected chi connectivity index (χ3v) is 4.54. The van der Waals surface area contributed by atoms with Crippen LogP contribution in [0.4, 0.5) is 0 Å². The van der Waals surface area contributed by atoms with E-state index in [1.165, 1.54) is 11.1 Å². The molecule has 0 amide bonds. The Balaban J connectivity index is 1.61. The molecule has 0 aliphatic rings. The molecule has 1 aromatic heterocycles. The van der Waals surface area contributed by atoms with Crippen LogP contribution in [-0.4, -0.2) is 12.1 Å². The summed E-state index contributed by atoms with van der Waals surface area (Å²) in [6.07, 6.45) is 2.92. The highest BCUT2D eigenvalue weighted by molar-refractivity contribution is 5.89. The quantitative estimate of drug-likeness (QED) is 0.512. The second-order valence-corrected chi connectivity index (χ2v) is 6.29. The van der Waals surface area contributed by atoms with E-state index in [1.54, 1.807) is 7.11 Å². The summed E-state index contributed by atoms with van der Waals surface area (Å²) in [4.78, 5) is 3.36. The van der Waals surface area contributed by atoms with Gasteiger partial charge in [0.15, 0.2) is 0 Å². The average molecular weight is 343 g/mol. The fraction of sp³-hybridized carbons (Fsp3) is 0.130. The molecule has 0 spiro atoms. The fourth-order valence-corrected chi connectivity index (χ4v) is 3.18. The van der Waals surface area contributed by atoms with Gasteiger partial charge in [0.2, 0.25) is 0 Å². The molecule has 0 unspecified atom stereocenters. The first-order chi connectivity index (χ1) is 12.8. The maximum Gasteiger partial charge on any atom is 0.129 e. The number of rotatable bonds is 6. The molecule has 0 fully saturated rings. The lowest BCUT2D eigenvalue weighted by Crippen LogP contribution is -1.96. The van der Waals surface area contributed by atoms with Crippen LogP contribution in [0.25, 0.3) is 10.9 Å². The molecule has 3 aromatic carbocycles. The Morgan fingerprint density at radius 3 is 2.38 bits per heavy atom. The van der Waals surface area contributed by atoms with Crippen molar-refractivity contribution < 1.29 is 9.47 Å². The number of ether oxygens (including phenoxy) is 2. The van der Waals surface area contributed by atoms with Gasteiger partial charge < -0.3 is 14.5 Å². The van der Waals surface area contributed by atoms with Gasteiger partial charge in [-0.15, -0.1) is 0 Å². The van der Waals surface area contributed by atoms with E-state index in [-0.39, 0.29) is 0 Å². The van der Waals surface area contributed by atoms with Crippen molar-refractivity contribution in [2.75, 3.05) is 7.11 Å². The monoisotopic (exact) mass is 343 g/mol. The highest BCUT2D eigenvalue weighted by atomic mass is 16.5. The summed E-state index contributed by atoms with van der Waals surface area (Å²) in [7, 11) is 1.69. The van der Waals surface area contributed by atoms with Gasteiger partial charge in [-0.2, -0.15) is 0 Å². The second-order valence-electron chi connectivity index (χ2n) is 6.29. The van der Waals surface area contributed by atoms with Gasteiger partial charge in [0, 0.05) is 17.1 Å². The normalized spacial score (nSPS) is 10.8. The van der Waals surface area contributed by atoms with Crippen LogP contribution in [0.3, 0.4) is 0 Å². The van der Waals surface area contributed by atoms with Crippen LogP contribution in [0.15, 0.2) is 79.0 Å². The lowest BCUT2D eigenvalue weighted by molar-refractivity contribution is 0.310. The third-order valence-electron chi connectivity index (χ3n) is 4.54. The van der Waals surface area contributed by atoms with Gasteiger partial charge in [0.25, 0.3) is 0 Å². The topological polar surface area (TPSA) is 34.2 Å². The summed E-state index contributed by atoms with van der Waals surface area (Å²) in [6, 6.07) is 24.6. The molecule has 0 aliphatic carbocycles. The van der Waals surface area contributed by atoms with Gasteiger partial charge in [0.1, 0.15) is 18.1 Å². The minimum atomic E-state index is 0.563. The zero-order valence-corrected chi connectivity index (χ0v) is 14.7. The van der Waals surface area contributed by atoms with Crippen molar-refractivity contribution in [3.63, 3.8) is 0 Å². The number of benzene rings is 3. The number of aromatic amines is 1. The Kier molecular flexibility index (Phi) is 4.61. The summed E-state index contributed by atoms with van der Waals surface area (Å²) in [6.45, 7) is 0.563. The maximum atomic E-state index is 6.14. The van der Waals surface area contributed by atoms with Gasteiger partial charge in [0.05, 0.1) is 7.11 Å². The SMILES string of the molecule is COc1ccc(Cc2c[nH]c3cccc(OCc4ccccc4)c23)cc1. The third kappa shape index (κ3) is 3.42. The predicted molar refractivity (Wildman–Crippen MR) is 105 cm³/mol. The van der Waals surface area contributed by atoms with Crippen molar-refractivity contribution in [3.8, 4) is 11.5 Å². The summed E-state index contributed by atoms with van der Waals surface area (Å²) in [5.41, 5.74) is 4.73. The van der Waals surface area contributed by atoms with E-state index in [2.05, 4.69) is 41.5 Å². The highest BCUT2D eigenvalue weighted by Gasteiger charge is 2.10. The van der Waals surface area contributed by atoms with Crippen LogP contribution < -0.4 is 9.47 Å². The molecule has 0 saturated carbocycles. The summed E-state index contributed by atoms with van der Waals surface area (Å²) < 4.78 is 11.4. The first kappa shape index (κ1) is 16.3. The minimum Gasteiger partial charge on any atom is -0.497 e. The van der Waals surface area contributed by atoms with Crippen molar-refractivity contribution >= 4 is 10.9 Å². The van der Waals surface area contributed by atoms with Crippen LogP contribution in [0, 0.1) is 0 Å². The average Bonchev–Trinajstić information content (AvgIpc) is 3.11. The van der Waals surface area contributed by atoms with Crippen LogP contribution in [-0.2, 0) is 13.0 Å². The first-order valence-corrected chi connectivity index (χ1v) is 8.72. The van der Waals surface area contributed by atoms with Gasteiger partial charge >= 0.3 is 0 Å². The molecule has 0 saturated heterocycles. The van der Waals surface area contributed by atoms with Crippen molar-refractivity contribution in [3.05, 3.63) is 95.7 Å². The zero-order chi connectivity index (χ0) is 17.8. The van der Waals surface area contributed by atoms with Gasteiger partial charge in [-0.25, -0.2) is 0 Å². The smallest absolute Gasteiger partial charge is 0.129 e. The maximum absolute atomic E-state index is 6.14. The standard InChI is InChI=1S/C23H21NO2/c1-25-20-12-10-17(11-13-20)14-19-15-24-21-8-5-9-22(23(19)21)26-16-18-6-3-2-4-7-18/h2-13,15,24H,14,16H2,1H3. The summed E-state index contributed by atoms with van der Waals surface area (Å²) >= 11 is 0. The largest absolute Gasteiger partial charge is 0.497 e. The minimum absolute atomic E-state index is 0.563. The number of fused-ring (bicyclic) bond motifs is 1. The number of aromatic nitrogens is 1. The molecule has 0 radical (unpaired) electrons. The van der Waals surface area contributed by atoms with Crippen LogP contribution in [0.2, 0.25) is 0 Å². The second kappa shape index (κ2) is 7.36. The Bertz CT molecular complexity index is 988. The molecule has 4 aromatic rings. The number of H-pyrrole nitrogens is 1. The molecule has 0 atom stereocenters. The first-order valence-electron chi connectivity index (χ1n) is 8.72. The fourth-order valence-electron chi connectivity index (χ4n) is 3.18. The number of methoxy groups -OCH3 is 1. The molecule has 4 rings (SSSR count). The van der Waals surface area contributed by atoms with E-state index < -0.39 is 0 Å². The molecule has 130 valence electrons. The Morgan fingerprint density at radius 2 is 1.62 bits per heavy atom. The number of hydrogen-bond acceptors (Lipinski definition) is 2. The van der Waals surface area contributed by atoms with E-state index in [4.69, 9.17) is 9.47 Å². The Labute approximate surface area is 153 Å². The van der Waals surface area contributed by atoms with E-state index in [1.807, 2.05) is 42.5 Å². The molecule has 0 aliphatic heterocycles. The molecular formula is C23H21NO2. The van der Waals surface area contributed by atoms with Crippen molar-refractivity contribution in [2.45, 2.75) is 13.0 Å². The predicted octanol–water partition coefficient (Wildman–Crippen LogP) is 5.35. The zero-order valence-electron chi connectivity index (χ0n) is 14.7. The lowest BCUT2D eigenvalue weighted by atomic mass is 10.0. The van der Waals surface area contributed by atoms with Crippen molar-refractivity contribution in [1.29, 1.82) is 0 Å². The van der Waals surface area contributed by atoms with Crippen LogP contribution in [0.1, 0.15) is 16.7 Å². The number of nitrogens with one attached hydrogen (secondary N) is 1. The molecule has 1 heterocycles. The molecular weight excluding hydrogens is 322 g/mol. The van der Waals surface area contributed by atoms with Crippen molar-refractivity contribution in [2.24, 2.45) is 0 Å². The Morgan fingerprint density at radius 1 is 0.808 bits per heavy atom. The molecule has 26 heavy (non-hydrogen) atoms. The van der Waals surface area contributed by atoms with Crippen LogP contribution >= 0.6 is 0 Å². The van der Waals surface area contributed by atoms with Gasteiger partial charge in [-0.05, 0) is 47.4 Å². The van der Waals surface area contributed by atoms with Gasteiger partial charge in [-0.3, -0.25) is 0 Å². The van der Waals surface area contributed by atoms with E-state index in [0.717, 1.165) is 34.4 Å². The van der Waals surface area contributed by atoms with Crippen LogP contribution in [0.5, 0.6) is 11.5 Å². The Hall–Kier alpha value is -3.20. The summed E-state index contributed by atoms with van der Waals surface area (Å²) in [5.74, 6) is 1.79. The number of hydrogen-bond donors (Lipinski definition) is 1. The molecule has 0 bridgehead atoms. The summed E-state index contributed by atoms with van der Waals surface area (Å²) in [5, 5.41) is 1.15. The highest BCUT2D eigenvalue weighted by Crippen LogP contribution is 2.31. The van der Waals surface area contributed by atoms with E-state index in [0.29, 0.717) is 6.61 Å².